The van der Waals surface area contributed by atoms with Gasteiger partial charge in [-0.15, -0.1) is 0 Å². The molecule has 0 heterocycles. The topological polar surface area (TPSA) is 46.2 Å². The molecule has 0 aromatic carbocycles. The number of aliphatic hydroxyl groups is 1. The van der Waals surface area contributed by atoms with Crippen LogP contribution in [0.3, 0.4) is 0 Å². The summed E-state index contributed by atoms with van der Waals surface area (Å²) < 4.78 is 0. The third-order valence-electron chi connectivity index (χ3n) is 5.18. The van der Waals surface area contributed by atoms with Crippen LogP contribution < -0.4 is 5.73 Å². The van der Waals surface area contributed by atoms with Gasteiger partial charge in [-0.3, -0.25) is 0 Å². The molecule has 3 fully saturated rings. The molecular formula is C13H25NO. The summed E-state index contributed by atoms with van der Waals surface area (Å²) in [6, 6.07) is 0.211. The Bertz CT molecular complexity index is 249. The molecule has 2 heteroatoms. The molecule has 3 aliphatic carbocycles. The summed E-state index contributed by atoms with van der Waals surface area (Å²) in [4.78, 5) is 0. The number of nitrogens with two attached hydrogens (primary N) is 1. The van der Waals surface area contributed by atoms with Gasteiger partial charge in [-0.25, -0.2) is 0 Å². The summed E-state index contributed by atoms with van der Waals surface area (Å²) in [5.41, 5.74) is 6.74. The molecule has 15 heavy (non-hydrogen) atoms. The van der Waals surface area contributed by atoms with Crippen molar-refractivity contribution in [1.82, 2.24) is 0 Å². The van der Waals surface area contributed by atoms with E-state index >= 15 is 0 Å². The van der Waals surface area contributed by atoms with Crippen LogP contribution in [0.2, 0.25) is 0 Å². The highest BCUT2D eigenvalue weighted by atomic mass is 16.3. The average Bonchev–Trinajstić information content (AvgIpc) is 2.15. The van der Waals surface area contributed by atoms with Crippen LogP contribution in [-0.2, 0) is 0 Å². The summed E-state index contributed by atoms with van der Waals surface area (Å²) in [5.74, 6) is 2.10. The van der Waals surface area contributed by atoms with Crippen molar-refractivity contribution in [3.63, 3.8) is 0 Å². The summed E-state index contributed by atoms with van der Waals surface area (Å²) in [6.07, 6.45) is 2.21. The lowest BCUT2D eigenvalue weighted by molar-refractivity contribution is -0.134. The van der Waals surface area contributed by atoms with Gasteiger partial charge in [-0.2, -0.15) is 0 Å². The summed E-state index contributed by atoms with van der Waals surface area (Å²) in [6.45, 7) is 8.85. The second kappa shape index (κ2) is 3.46. The van der Waals surface area contributed by atoms with E-state index in [1.807, 2.05) is 0 Å². The van der Waals surface area contributed by atoms with Crippen molar-refractivity contribution in [3.8, 4) is 0 Å². The molecule has 3 saturated carbocycles. The van der Waals surface area contributed by atoms with Crippen LogP contribution in [0.4, 0.5) is 0 Å². The van der Waals surface area contributed by atoms with E-state index in [0.717, 1.165) is 12.3 Å². The predicted molar refractivity (Wildman–Crippen MR) is 62.3 cm³/mol. The Morgan fingerprint density at radius 2 is 1.87 bits per heavy atom. The van der Waals surface area contributed by atoms with Gasteiger partial charge in [-0.1, -0.05) is 27.7 Å². The highest BCUT2D eigenvalue weighted by Crippen LogP contribution is 2.60. The minimum absolute atomic E-state index is 0.207. The largest absolute Gasteiger partial charge is 0.393 e. The SMILES string of the molecule is CC(C)[C@@H](O)[C@H]1C[C@H]2C[C@@H]([C@@H]1N)C2(C)C. The maximum Gasteiger partial charge on any atom is 0.0606 e. The van der Waals surface area contributed by atoms with Gasteiger partial charge in [0.25, 0.3) is 0 Å². The van der Waals surface area contributed by atoms with Crippen molar-refractivity contribution < 1.29 is 5.11 Å². The summed E-state index contributed by atoms with van der Waals surface area (Å²) in [7, 11) is 0. The Hall–Kier alpha value is -0.0800. The second-order valence-electron chi connectivity index (χ2n) is 6.57. The third kappa shape index (κ3) is 1.53. The van der Waals surface area contributed by atoms with Crippen LogP contribution >= 0.6 is 0 Å². The normalized spacial score (nSPS) is 45.0. The van der Waals surface area contributed by atoms with Crippen molar-refractivity contribution >= 4 is 0 Å². The van der Waals surface area contributed by atoms with Gasteiger partial charge in [0.2, 0.25) is 0 Å². The van der Waals surface area contributed by atoms with E-state index in [2.05, 4.69) is 27.7 Å². The first-order valence-electron chi connectivity index (χ1n) is 6.29. The molecule has 0 aromatic rings. The molecule has 2 bridgehead atoms. The Morgan fingerprint density at radius 3 is 2.27 bits per heavy atom. The monoisotopic (exact) mass is 211 g/mol. The number of fused-ring (bicyclic) bond motifs is 2. The highest BCUT2D eigenvalue weighted by Gasteiger charge is 2.57. The minimum Gasteiger partial charge on any atom is -0.393 e. The molecule has 0 saturated heterocycles. The van der Waals surface area contributed by atoms with Gasteiger partial charge in [0.05, 0.1) is 6.10 Å². The van der Waals surface area contributed by atoms with Crippen LogP contribution in [0.1, 0.15) is 40.5 Å². The van der Waals surface area contributed by atoms with Gasteiger partial charge >= 0.3 is 0 Å². The lowest BCUT2D eigenvalue weighted by Crippen LogP contribution is -2.63. The fourth-order valence-corrected chi connectivity index (χ4v) is 3.75. The zero-order valence-corrected chi connectivity index (χ0v) is 10.4. The molecule has 0 unspecified atom stereocenters. The molecule has 0 aliphatic heterocycles. The zero-order valence-electron chi connectivity index (χ0n) is 10.4. The predicted octanol–water partition coefficient (Wildman–Crippen LogP) is 2.01. The van der Waals surface area contributed by atoms with E-state index < -0.39 is 0 Å². The molecule has 0 spiro atoms. The van der Waals surface area contributed by atoms with E-state index in [1.165, 1.54) is 6.42 Å². The van der Waals surface area contributed by atoms with E-state index in [0.29, 0.717) is 23.2 Å². The number of aliphatic hydroxyl groups excluding tert-OH is 1. The van der Waals surface area contributed by atoms with Crippen LogP contribution in [0.5, 0.6) is 0 Å². The van der Waals surface area contributed by atoms with Gasteiger partial charge in [0, 0.05) is 12.0 Å². The highest BCUT2D eigenvalue weighted by molar-refractivity contribution is 5.09. The fraction of sp³-hybridized carbons (Fsp3) is 1.00. The Balaban J connectivity index is 2.08. The van der Waals surface area contributed by atoms with Crippen molar-refractivity contribution in [2.24, 2.45) is 34.8 Å². The molecule has 2 nitrogen and oxygen atoms in total. The molecule has 5 atom stereocenters. The summed E-state index contributed by atoms with van der Waals surface area (Å²) in [5, 5.41) is 10.2. The van der Waals surface area contributed by atoms with E-state index in [4.69, 9.17) is 5.73 Å². The van der Waals surface area contributed by atoms with E-state index in [9.17, 15) is 5.11 Å². The average molecular weight is 211 g/mol. The zero-order chi connectivity index (χ0) is 11.4. The second-order valence-corrected chi connectivity index (χ2v) is 6.57. The molecular weight excluding hydrogens is 186 g/mol. The van der Waals surface area contributed by atoms with Crippen molar-refractivity contribution in [1.29, 1.82) is 0 Å². The van der Waals surface area contributed by atoms with Crippen molar-refractivity contribution in [3.05, 3.63) is 0 Å². The number of hydrogen-bond donors (Lipinski definition) is 2. The van der Waals surface area contributed by atoms with Crippen LogP contribution in [0.15, 0.2) is 0 Å². The van der Waals surface area contributed by atoms with Gasteiger partial charge in [0.1, 0.15) is 0 Å². The fourth-order valence-electron chi connectivity index (χ4n) is 3.75. The quantitative estimate of drug-likeness (QED) is 0.734. The maximum absolute atomic E-state index is 10.2. The standard InChI is InChI=1S/C13H25NO/c1-7(2)12(15)9-5-8-6-10(11(9)14)13(8,3)4/h7-12,15H,5-6,14H2,1-4H3/t8-,9-,10-,11+,12+/m0/s1. The first-order chi connectivity index (χ1) is 6.85. The van der Waals surface area contributed by atoms with Gasteiger partial charge in [-0.05, 0) is 36.0 Å². The van der Waals surface area contributed by atoms with Gasteiger partial charge < -0.3 is 10.8 Å². The lowest BCUT2D eigenvalue weighted by Gasteiger charge is -2.62. The Kier molecular flexibility index (Phi) is 2.63. The molecule has 88 valence electrons. The van der Waals surface area contributed by atoms with Crippen molar-refractivity contribution in [2.45, 2.75) is 52.7 Å². The molecule has 0 amide bonds. The molecule has 0 aromatic heterocycles. The minimum atomic E-state index is -0.207. The first-order valence-corrected chi connectivity index (χ1v) is 6.29. The van der Waals surface area contributed by atoms with E-state index in [1.54, 1.807) is 0 Å². The van der Waals surface area contributed by atoms with Crippen molar-refractivity contribution in [2.75, 3.05) is 0 Å². The molecule has 3 rings (SSSR count). The van der Waals surface area contributed by atoms with Crippen LogP contribution in [0, 0.1) is 29.1 Å². The van der Waals surface area contributed by atoms with Gasteiger partial charge in [0.15, 0.2) is 0 Å². The van der Waals surface area contributed by atoms with E-state index in [-0.39, 0.29) is 12.1 Å². The molecule has 3 N–H and O–H groups in total. The number of hydrogen-bond acceptors (Lipinski definition) is 2. The summed E-state index contributed by atoms with van der Waals surface area (Å²) >= 11 is 0. The van der Waals surface area contributed by atoms with Crippen LogP contribution in [0.25, 0.3) is 0 Å². The smallest absolute Gasteiger partial charge is 0.0606 e. The molecule has 3 aliphatic rings. The molecule has 0 radical (unpaired) electrons. The van der Waals surface area contributed by atoms with Crippen LogP contribution in [-0.4, -0.2) is 17.3 Å². The third-order valence-corrected chi connectivity index (χ3v) is 5.18. The number of rotatable bonds is 2. The Morgan fingerprint density at radius 1 is 1.27 bits per heavy atom. The first kappa shape index (κ1) is 11.4. The Labute approximate surface area is 93.2 Å². The maximum atomic E-state index is 10.2. The lowest BCUT2D eigenvalue weighted by atomic mass is 9.44.